The van der Waals surface area contributed by atoms with Crippen molar-refractivity contribution in [3.8, 4) is 11.4 Å². The predicted molar refractivity (Wildman–Crippen MR) is 114 cm³/mol. The van der Waals surface area contributed by atoms with Crippen LogP contribution in [-0.2, 0) is 11.8 Å². The second kappa shape index (κ2) is 8.36. The smallest absolute Gasteiger partial charge is 0.242 e. The lowest BCUT2D eigenvalue weighted by atomic mass is 10.2. The number of nitrogens with zero attached hydrogens (tertiary/aromatic N) is 4. The van der Waals surface area contributed by atoms with Crippen molar-refractivity contribution in [1.29, 1.82) is 0 Å². The first-order valence-corrected chi connectivity index (χ1v) is 10.1. The van der Waals surface area contributed by atoms with Gasteiger partial charge in [-0.1, -0.05) is 48.2 Å². The van der Waals surface area contributed by atoms with Crippen LogP contribution < -0.4 is 4.90 Å². The summed E-state index contributed by atoms with van der Waals surface area (Å²) in [5.41, 5.74) is 2.56. The minimum atomic E-state index is -0.0311. The molecule has 146 valence electrons. The fraction of sp³-hybridized carbons (Fsp3) is 0.136. The van der Waals surface area contributed by atoms with Crippen molar-refractivity contribution in [2.24, 2.45) is 7.05 Å². The Bertz CT molecular complexity index is 1070. The number of carbonyl (C=O) groups is 1. The van der Waals surface area contributed by atoms with Crippen LogP contribution in [0.3, 0.4) is 0 Å². The zero-order chi connectivity index (χ0) is 20.2. The molecule has 0 unspecified atom stereocenters. The maximum atomic E-state index is 13.2. The quantitative estimate of drug-likeness (QED) is 0.430. The van der Waals surface area contributed by atoms with Crippen LogP contribution in [0.2, 0.25) is 0 Å². The predicted octanol–water partition coefficient (Wildman–Crippen LogP) is 4.84. The van der Waals surface area contributed by atoms with Gasteiger partial charge in [0.15, 0.2) is 11.0 Å². The topological polar surface area (TPSA) is 64.2 Å². The molecule has 2 heterocycles. The van der Waals surface area contributed by atoms with E-state index < -0.39 is 0 Å². The van der Waals surface area contributed by atoms with E-state index in [1.165, 1.54) is 11.8 Å². The third-order valence-electron chi connectivity index (χ3n) is 4.54. The molecular weight excluding hydrogens is 384 g/mol. The summed E-state index contributed by atoms with van der Waals surface area (Å²) >= 11 is 1.36. The van der Waals surface area contributed by atoms with Gasteiger partial charge in [-0.15, -0.1) is 10.2 Å². The summed E-state index contributed by atoms with van der Waals surface area (Å²) in [4.78, 5) is 14.9. The Kier molecular flexibility index (Phi) is 5.48. The van der Waals surface area contributed by atoms with Gasteiger partial charge in [0, 0.05) is 18.4 Å². The number of carbonyl (C=O) groups excluding carboxylic acids is 1. The molecule has 0 saturated heterocycles. The number of aryl methyl sites for hydroxylation is 1. The molecule has 0 atom stereocenters. The average molecular weight is 404 g/mol. The largest absolute Gasteiger partial charge is 0.469 e. The Hall–Kier alpha value is -3.32. The van der Waals surface area contributed by atoms with Crippen LogP contribution in [-0.4, -0.2) is 26.4 Å². The first-order valence-electron chi connectivity index (χ1n) is 9.15. The van der Waals surface area contributed by atoms with E-state index in [2.05, 4.69) is 10.2 Å². The van der Waals surface area contributed by atoms with E-state index in [4.69, 9.17) is 4.42 Å². The molecule has 7 heteroatoms. The van der Waals surface area contributed by atoms with E-state index in [9.17, 15) is 4.79 Å². The van der Waals surface area contributed by atoms with Crippen molar-refractivity contribution >= 4 is 29.0 Å². The summed E-state index contributed by atoms with van der Waals surface area (Å²) in [5.74, 6) is 1.71. The summed E-state index contributed by atoms with van der Waals surface area (Å²) in [7, 11) is 1.89. The SMILES string of the molecule is Cc1occc1-c1nnc(SCC(=O)N(c2ccccc2)c2ccccc2)n1C. The first kappa shape index (κ1) is 19.0. The van der Waals surface area contributed by atoms with Crippen molar-refractivity contribution in [2.75, 3.05) is 10.7 Å². The van der Waals surface area contributed by atoms with E-state index in [1.54, 1.807) is 11.2 Å². The molecule has 0 bridgehead atoms. The molecule has 0 saturated carbocycles. The van der Waals surface area contributed by atoms with Gasteiger partial charge in [-0.3, -0.25) is 9.69 Å². The van der Waals surface area contributed by atoms with Crippen LogP contribution in [0.25, 0.3) is 11.4 Å². The van der Waals surface area contributed by atoms with Gasteiger partial charge in [0.25, 0.3) is 0 Å². The molecule has 0 radical (unpaired) electrons. The van der Waals surface area contributed by atoms with Gasteiger partial charge in [0.05, 0.1) is 17.6 Å². The highest BCUT2D eigenvalue weighted by atomic mass is 32.2. The molecule has 0 aliphatic carbocycles. The molecule has 29 heavy (non-hydrogen) atoms. The Balaban J connectivity index is 1.55. The first-order chi connectivity index (χ1) is 14.1. The van der Waals surface area contributed by atoms with Gasteiger partial charge in [-0.25, -0.2) is 0 Å². The molecule has 0 spiro atoms. The number of thioether (sulfide) groups is 1. The zero-order valence-electron chi connectivity index (χ0n) is 16.1. The van der Waals surface area contributed by atoms with Crippen molar-refractivity contribution in [3.05, 3.63) is 78.8 Å². The van der Waals surface area contributed by atoms with E-state index in [0.717, 1.165) is 22.7 Å². The molecular formula is C22H20N4O2S. The summed E-state index contributed by atoms with van der Waals surface area (Å²) in [6.45, 7) is 1.89. The lowest BCUT2D eigenvalue weighted by molar-refractivity contribution is -0.115. The number of aromatic nitrogens is 3. The lowest BCUT2D eigenvalue weighted by Crippen LogP contribution is -2.27. The number of hydrogen-bond acceptors (Lipinski definition) is 5. The van der Waals surface area contributed by atoms with Crippen LogP contribution in [0, 0.1) is 6.92 Å². The second-order valence-corrected chi connectivity index (χ2v) is 7.39. The maximum absolute atomic E-state index is 13.2. The van der Waals surface area contributed by atoms with Crippen molar-refractivity contribution in [2.45, 2.75) is 12.1 Å². The fourth-order valence-corrected chi connectivity index (χ4v) is 3.83. The van der Waals surface area contributed by atoms with E-state index in [0.29, 0.717) is 11.0 Å². The Morgan fingerprint density at radius 3 is 2.17 bits per heavy atom. The zero-order valence-corrected chi connectivity index (χ0v) is 17.0. The number of anilines is 2. The Morgan fingerprint density at radius 1 is 1.00 bits per heavy atom. The number of para-hydroxylation sites is 2. The lowest BCUT2D eigenvalue weighted by Gasteiger charge is -2.22. The minimum Gasteiger partial charge on any atom is -0.469 e. The third-order valence-corrected chi connectivity index (χ3v) is 5.54. The van der Waals surface area contributed by atoms with Crippen molar-refractivity contribution in [1.82, 2.24) is 14.8 Å². The van der Waals surface area contributed by atoms with Crippen LogP contribution in [0.1, 0.15) is 5.76 Å². The van der Waals surface area contributed by atoms with E-state index in [-0.39, 0.29) is 11.7 Å². The molecule has 6 nitrogen and oxygen atoms in total. The van der Waals surface area contributed by atoms with Crippen molar-refractivity contribution < 1.29 is 9.21 Å². The highest BCUT2D eigenvalue weighted by Crippen LogP contribution is 2.29. The van der Waals surface area contributed by atoms with E-state index in [1.807, 2.05) is 85.3 Å². The van der Waals surface area contributed by atoms with E-state index >= 15 is 0 Å². The van der Waals surface area contributed by atoms with Gasteiger partial charge in [-0.2, -0.15) is 0 Å². The van der Waals surface area contributed by atoms with Crippen LogP contribution in [0.4, 0.5) is 11.4 Å². The second-order valence-electron chi connectivity index (χ2n) is 6.44. The molecule has 0 fully saturated rings. The summed E-state index contributed by atoms with van der Waals surface area (Å²) in [5, 5.41) is 9.19. The highest BCUT2D eigenvalue weighted by molar-refractivity contribution is 7.99. The van der Waals surface area contributed by atoms with Gasteiger partial charge < -0.3 is 8.98 Å². The van der Waals surface area contributed by atoms with Crippen molar-refractivity contribution in [3.63, 3.8) is 0 Å². The number of furan rings is 1. The highest BCUT2D eigenvalue weighted by Gasteiger charge is 2.20. The summed E-state index contributed by atoms with van der Waals surface area (Å²) in [6, 6.07) is 21.1. The Morgan fingerprint density at radius 2 is 1.62 bits per heavy atom. The number of hydrogen-bond donors (Lipinski definition) is 0. The molecule has 0 aliphatic rings. The average Bonchev–Trinajstić information content (AvgIpc) is 3.33. The van der Waals surface area contributed by atoms with Crippen LogP contribution >= 0.6 is 11.8 Å². The minimum absolute atomic E-state index is 0.0311. The number of amides is 1. The maximum Gasteiger partial charge on any atom is 0.242 e. The molecule has 2 aromatic heterocycles. The van der Waals surface area contributed by atoms with Gasteiger partial charge in [0.1, 0.15) is 5.76 Å². The fourth-order valence-electron chi connectivity index (χ4n) is 3.07. The normalized spacial score (nSPS) is 10.8. The molecule has 0 aliphatic heterocycles. The van der Waals surface area contributed by atoms with Crippen LogP contribution in [0.15, 0.2) is 82.6 Å². The molecule has 0 N–H and O–H groups in total. The van der Waals surface area contributed by atoms with Gasteiger partial charge in [0.2, 0.25) is 5.91 Å². The third kappa shape index (κ3) is 3.95. The number of rotatable bonds is 6. The monoisotopic (exact) mass is 404 g/mol. The molecule has 1 amide bonds. The molecule has 2 aromatic carbocycles. The summed E-state index contributed by atoms with van der Waals surface area (Å²) in [6.07, 6.45) is 1.63. The molecule has 4 rings (SSSR count). The number of benzene rings is 2. The van der Waals surface area contributed by atoms with Crippen LogP contribution in [0.5, 0.6) is 0 Å². The summed E-state index contributed by atoms with van der Waals surface area (Å²) < 4.78 is 7.24. The van der Waals surface area contributed by atoms with Gasteiger partial charge in [-0.05, 0) is 37.3 Å². The standard InChI is InChI=1S/C22H20N4O2S/c1-16-19(13-14-28-16)21-23-24-22(25(21)2)29-15-20(27)26(17-9-5-3-6-10-17)18-11-7-4-8-12-18/h3-14H,15H2,1-2H3. The Labute approximate surface area is 173 Å². The van der Waals surface area contributed by atoms with Gasteiger partial charge >= 0.3 is 0 Å². The molecule has 4 aromatic rings.